The first-order chi connectivity index (χ1) is 11.7. The molecule has 132 valence electrons. The van der Waals surface area contributed by atoms with Crippen molar-refractivity contribution in [1.29, 1.82) is 0 Å². The normalized spacial score (nSPS) is 22.7. The van der Waals surface area contributed by atoms with Gasteiger partial charge in [0.2, 0.25) is 0 Å². The van der Waals surface area contributed by atoms with Gasteiger partial charge in [-0.15, -0.1) is 0 Å². The van der Waals surface area contributed by atoms with E-state index in [4.69, 9.17) is 12.2 Å². The minimum absolute atomic E-state index is 0.522. The lowest BCUT2D eigenvalue weighted by Crippen LogP contribution is -2.38. The third-order valence-electron chi connectivity index (χ3n) is 5.29. The standard InChI is InChI=1S/C19H30N4S/c1-15-8-6-7-13-23(15)18-12-11-17(14-20-18)22-19(24)21-16-9-4-2-3-5-10-16/h11-12,14-16H,2-10,13H2,1H3,(H2,21,22,24)/t15-/m0/s1. The van der Waals surface area contributed by atoms with Crippen LogP contribution >= 0.6 is 12.2 Å². The Morgan fingerprint density at radius 1 is 1.08 bits per heavy atom. The molecular weight excluding hydrogens is 316 g/mol. The van der Waals surface area contributed by atoms with Crippen LogP contribution in [0.5, 0.6) is 0 Å². The Hall–Kier alpha value is -1.36. The monoisotopic (exact) mass is 346 g/mol. The highest BCUT2D eigenvalue weighted by molar-refractivity contribution is 7.80. The SMILES string of the molecule is C[C@H]1CCCCN1c1ccc(NC(=S)NC2CCCCCC2)cn1. The summed E-state index contributed by atoms with van der Waals surface area (Å²) in [5.41, 5.74) is 0.967. The Morgan fingerprint density at radius 2 is 1.83 bits per heavy atom. The van der Waals surface area contributed by atoms with Crippen molar-refractivity contribution in [3.8, 4) is 0 Å². The molecule has 0 unspecified atom stereocenters. The molecule has 0 radical (unpaired) electrons. The van der Waals surface area contributed by atoms with E-state index in [1.54, 1.807) is 0 Å². The highest BCUT2D eigenvalue weighted by atomic mass is 32.1. The molecule has 0 amide bonds. The number of piperidine rings is 1. The number of hydrogen-bond donors (Lipinski definition) is 2. The van der Waals surface area contributed by atoms with Gasteiger partial charge >= 0.3 is 0 Å². The van der Waals surface area contributed by atoms with Crippen LogP contribution in [0.3, 0.4) is 0 Å². The summed E-state index contributed by atoms with van der Waals surface area (Å²) in [5, 5.41) is 7.49. The van der Waals surface area contributed by atoms with E-state index < -0.39 is 0 Å². The Bertz CT molecular complexity index is 523. The largest absolute Gasteiger partial charge is 0.360 e. The Labute approximate surface area is 151 Å². The summed E-state index contributed by atoms with van der Waals surface area (Å²) < 4.78 is 0. The van der Waals surface area contributed by atoms with Crippen molar-refractivity contribution < 1.29 is 0 Å². The lowest BCUT2D eigenvalue weighted by Gasteiger charge is -2.34. The predicted molar refractivity (Wildman–Crippen MR) is 106 cm³/mol. The molecule has 2 N–H and O–H groups in total. The quantitative estimate of drug-likeness (QED) is 0.624. The molecule has 24 heavy (non-hydrogen) atoms. The van der Waals surface area contributed by atoms with E-state index >= 15 is 0 Å². The van der Waals surface area contributed by atoms with Crippen LogP contribution in [0.1, 0.15) is 64.7 Å². The second-order valence-electron chi connectivity index (χ2n) is 7.23. The molecule has 1 atom stereocenters. The topological polar surface area (TPSA) is 40.2 Å². The van der Waals surface area contributed by atoms with Crippen molar-refractivity contribution in [1.82, 2.24) is 10.3 Å². The van der Waals surface area contributed by atoms with E-state index in [0.29, 0.717) is 12.1 Å². The van der Waals surface area contributed by atoms with Gasteiger partial charge in [-0.05, 0) is 63.4 Å². The summed E-state index contributed by atoms with van der Waals surface area (Å²) in [6, 6.07) is 5.31. The van der Waals surface area contributed by atoms with E-state index in [9.17, 15) is 0 Å². The number of anilines is 2. The van der Waals surface area contributed by atoms with Crippen molar-refractivity contribution in [2.24, 2.45) is 0 Å². The number of nitrogens with zero attached hydrogens (tertiary/aromatic N) is 2. The minimum Gasteiger partial charge on any atom is -0.360 e. The fraction of sp³-hybridized carbons (Fsp3) is 0.684. The zero-order chi connectivity index (χ0) is 16.8. The maximum absolute atomic E-state index is 5.48. The zero-order valence-corrected chi connectivity index (χ0v) is 15.6. The zero-order valence-electron chi connectivity index (χ0n) is 14.8. The average molecular weight is 347 g/mol. The highest BCUT2D eigenvalue weighted by Gasteiger charge is 2.19. The van der Waals surface area contributed by atoms with Crippen molar-refractivity contribution in [3.05, 3.63) is 18.3 Å². The lowest BCUT2D eigenvalue weighted by molar-refractivity contribution is 0.481. The highest BCUT2D eigenvalue weighted by Crippen LogP contribution is 2.23. The van der Waals surface area contributed by atoms with Crippen LogP contribution in [0.4, 0.5) is 11.5 Å². The fourth-order valence-corrected chi connectivity index (χ4v) is 4.13. The lowest BCUT2D eigenvalue weighted by atomic mass is 10.0. The van der Waals surface area contributed by atoms with Gasteiger partial charge in [0, 0.05) is 18.6 Å². The molecule has 1 aliphatic heterocycles. The third-order valence-corrected chi connectivity index (χ3v) is 5.51. The Kier molecular flexibility index (Phi) is 6.30. The van der Waals surface area contributed by atoms with Crippen LogP contribution in [-0.2, 0) is 0 Å². The molecule has 1 saturated heterocycles. The van der Waals surface area contributed by atoms with Gasteiger partial charge in [0.15, 0.2) is 5.11 Å². The molecule has 5 heteroatoms. The molecule has 4 nitrogen and oxygen atoms in total. The molecule has 2 heterocycles. The van der Waals surface area contributed by atoms with Gasteiger partial charge in [0.1, 0.15) is 5.82 Å². The Balaban J connectivity index is 1.52. The molecule has 1 saturated carbocycles. The maximum Gasteiger partial charge on any atom is 0.171 e. The first kappa shape index (κ1) is 17.5. The Morgan fingerprint density at radius 3 is 2.50 bits per heavy atom. The molecule has 0 aromatic carbocycles. The van der Waals surface area contributed by atoms with Gasteiger partial charge in [-0.3, -0.25) is 0 Å². The molecule has 2 fully saturated rings. The van der Waals surface area contributed by atoms with E-state index in [2.05, 4.69) is 39.6 Å². The fourth-order valence-electron chi connectivity index (χ4n) is 3.84. The van der Waals surface area contributed by atoms with E-state index in [-0.39, 0.29) is 0 Å². The van der Waals surface area contributed by atoms with Crippen LogP contribution in [0.15, 0.2) is 18.3 Å². The molecule has 1 aliphatic carbocycles. The van der Waals surface area contributed by atoms with Crippen molar-refractivity contribution in [3.63, 3.8) is 0 Å². The smallest absolute Gasteiger partial charge is 0.171 e. The van der Waals surface area contributed by atoms with Crippen molar-refractivity contribution in [2.45, 2.75) is 76.8 Å². The van der Waals surface area contributed by atoms with Gasteiger partial charge < -0.3 is 15.5 Å². The van der Waals surface area contributed by atoms with Gasteiger partial charge in [-0.25, -0.2) is 4.98 Å². The van der Waals surface area contributed by atoms with E-state index in [1.807, 2.05) is 6.20 Å². The van der Waals surface area contributed by atoms with Crippen molar-refractivity contribution in [2.75, 3.05) is 16.8 Å². The molecule has 0 bridgehead atoms. The number of nitrogens with one attached hydrogen (secondary N) is 2. The summed E-state index contributed by atoms with van der Waals surface area (Å²) in [6.07, 6.45) is 13.6. The molecular formula is C19H30N4S. The molecule has 2 aliphatic rings. The number of rotatable bonds is 3. The number of thiocarbonyl (C=S) groups is 1. The van der Waals surface area contributed by atoms with Crippen LogP contribution in [0.2, 0.25) is 0 Å². The number of aromatic nitrogens is 1. The third kappa shape index (κ3) is 4.82. The van der Waals surface area contributed by atoms with Crippen LogP contribution in [0, 0.1) is 0 Å². The summed E-state index contributed by atoms with van der Waals surface area (Å²) in [7, 11) is 0. The van der Waals surface area contributed by atoms with Crippen LogP contribution in [0.25, 0.3) is 0 Å². The second kappa shape index (κ2) is 8.65. The summed E-state index contributed by atoms with van der Waals surface area (Å²) in [5.74, 6) is 1.08. The number of pyridine rings is 1. The second-order valence-corrected chi connectivity index (χ2v) is 7.64. The molecule has 0 spiro atoms. The first-order valence-corrected chi connectivity index (χ1v) is 9.93. The molecule has 1 aromatic heterocycles. The van der Waals surface area contributed by atoms with Gasteiger partial charge in [-0.2, -0.15) is 0 Å². The summed E-state index contributed by atoms with van der Waals surface area (Å²) in [4.78, 5) is 7.06. The van der Waals surface area contributed by atoms with Crippen molar-refractivity contribution >= 4 is 28.8 Å². The summed E-state index contributed by atoms with van der Waals surface area (Å²) >= 11 is 5.48. The summed E-state index contributed by atoms with van der Waals surface area (Å²) in [6.45, 7) is 3.40. The van der Waals surface area contributed by atoms with Crippen LogP contribution < -0.4 is 15.5 Å². The molecule has 1 aromatic rings. The van der Waals surface area contributed by atoms with Gasteiger partial charge in [0.25, 0.3) is 0 Å². The van der Waals surface area contributed by atoms with Crippen LogP contribution in [-0.4, -0.2) is 28.7 Å². The van der Waals surface area contributed by atoms with E-state index in [1.165, 1.54) is 57.8 Å². The predicted octanol–water partition coefficient (Wildman–Crippen LogP) is 4.47. The number of hydrogen-bond acceptors (Lipinski definition) is 3. The minimum atomic E-state index is 0.522. The first-order valence-electron chi connectivity index (χ1n) is 9.52. The van der Waals surface area contributed by atoms with Gasteiger partial charge in [-0.1, -0.05) is 25.7 Å². The maximum atomic E-state index is 5.48. The average Bonchev–Trinajstić information content (AvgIpc) is 2.85. The molecule has 3 rings (SSSR count). The van der Waals surface area contributed by atoms with Gasteiger partial charge in [0.05, 0.1) is 11.9 Å². The van der Waals surface area contributed by atoms with E-state index in [0.717, 1.165) is 23.2 Å².